The SMILES string of the molecule is CC(C)OCCS(=O)(=O)N1CCC(C)(O)CC1. The summed E-state index contributed by atoms with van der Waals surface area (Å²) in [5.74, 6) is 0.0212. The van der Waals surface area contributed by atoms with Gasteiger partial charge in [-0.2, -0.15) is 0 Å². The van der Waals surface area contributed by atoms with Crippen molar-refractivity contribution >= 4 is 10.0 Å². The van der Waals surface area contributed by atoms with Gasteiger partial charge in [0.1, 0.15) is 0 Å². The Balaban J connectivity index is 2.43. The fraction of sp³-hybridized carbons (Fsp3) is 1.00. The van der Waals surface area contributed by atoms with Crippen molar-refractivity contribution in [3.8, 4) is 0 Å². The summed E-state index contributed by atoms with van der Waals surface area (Å²) in [4.78, 5) is 0. The highest BCUT2D eigenvalue weighted by atomic mass is 32.2. The van der Waals surface area contributed by atoms with Crippen LogP contribution in [0.25, 0.3) is 0 Å². The first-order chi connectivity index (χ1) is 7.73. The molecule has 1 fully saturated rings. The smallest absolute Gasteiger partial charge is 0.216 e. The Bertz CT molecular complexity index is 327. The molecule has 0 aromatic heterocycles. The zero-order chi connectivity index (χ0) is 13.1. The van der Waals surface area contributed by atoms with E-state index in [0.29, 0.717) is 25.9 Å². The third-order valence-corrected chi connectivity index (χ3v) is 4.82. The molecular weight excluding hydrogens is 242 g/mol. The average Bonchev–Trinajstić information content (AvgIpc) is 2.15. The van der Waals surface area contributed by atoms with E-state index in [1.807, 2.05) is 13.8 Å². The number of sulfonamides is 1. The van der Waals surface area contributed by atoms with E-state index in [0.717, 1.165) is 0 Å². The molecule has 6 heteroatoms. The van der Waals surface area contributed by atoms with E-state index in [1.54, 1.807) is 6.92 Å². The predicted molar refractivity (Wildman–Crippen MR) is 66.3 cm³/mol. The first-order valence-electron chi connectivity index (χ1n) is 6.05. The molecule has 0 amide bonds. The molecule has 1 rings (SSSR count). The summed E-state index contributed by atoms with van der Waals surface area (Å²) < 4.78 is 30.6. The van der Waals surface area contributed by atoms with Crippen molar-refractivity contribution in [3.63, 3.8) is 0 Å². The highest BCUT2D eigenvalue weighted by Crippen LogP contribution is 2.23. The van der Waals surface area contributed by atoms with Gasteiger partial charge in [-0.3, -0.25) is 0 Å². The van der Waals surface area contributed by atoms with Gasteiger partial charge < -0.3 is 9.84 Å². The number of rotatable bonds is 5. The zero-order valence-electron chi connectivity index (χ0n) is 10.8. The van der Waals surface area contributed by atoms with Crippen LogP contribution in [-0.4, -0.2) is 55.0 Å². The van der Waals surface area contributed by atoms with Crippen molar-refractivity contribution < 1.29 is 18.3 Å². The Morgan fingerprint density at radius 3 is 2.35 bits per heavy atom. The summed E-state index contributed by atoms with van der Waals surface area (Å²) in [7, 11) is -3.23. The second-order valence-corrected chi connectivity index (χ2v) is 7.22. The molecule has 0 spiro atoms. The van der Waals surface area contributed by atoms with Crippen molar-refractivity contribution in [2.24, 2.45) is 0 Å². The number of hydrogen-bond acceptors (Lipinski definition) is 4. The number of ether oxygens (including phenoxy) is 1. The van der Waals surface area contributed by atoms with Gasteiger partial charge in [-0.05, 0) is 33.6 Å². The zero-order valence-corrected chi connectivity index (χ0v) is 11.7. The summed E-state index contributed by atoms with van der Waals surface area (Å²) in [5, 5.41) is 9.76. The molecular formula is C11H23NO4S. The summed E-state index contributed by atoms with van der Waals surface area (Å²) in [6.07, 6.45) is 1.04. The van der Waals surface area contributed by atoms with Crippen LogP contribution in [0.2, 0.25) is 0 Å². The first kappa shape index (κ1) is 14.9. The standard InChI is InChI=1S/C11H23NO4S/c1-10(2)16-8-9-17(14,15)12-6-4-11(3,13)5-7-12/h10,13H,4-9H2,1-3H3. The van der Waals surface area contributed by atoms with E-state index >= 15 is 0 Å². The molecule has 1 N–H and O–H groups in total. The lowest BCUT2D eigenvalue weighted by Gasteiger charge is -2.34. The maximum Gasteiger partial charge on any atom is 0.216 e. The second-order valence-electron chi connectivity index (χ2n) is 5.13. The Morgan fingerprint density at radius 2 is 1.88 bits per heavy atom. The molecule has 0 bridgehead atoms. The molecule has 1 aliphatic heterocycles. The summed E-state index contributed by atoms with van der Waals surface area (Å²) >= 11 is 0. The minimum atomic E-state index is -3.23. The van der Waals surface area contributed by atoms with Crippen LogP contribution < -0.4 is 0 Å². The Kier molecular flexibility index (Phi) is 4.95. The van der Waals surface area contributed by atoms with Gasteiger partial charge in [0.2, 0.25) is 10.0 Å². The molecule has 0 aromatic carbocycles. The van der Waals surface area contributed by atoms with Gasteiger partial charge in [-0.1, -0.05) is 0 Å². The quantitative estimate of drug-likeness (QED) is 0.790. The van der Waals surface area contributed by atoms with Gasteiger partial charge in [0.15, 0.2) is 0 Å². The number of nitrogens with zero attached hydrogens (tertiary/aromatic N) is 1. The molecule has 1 saturated heterocycles. The van der Waals surface area contributed by atoms with E-state index in [9.17, 15) is 13.5 Å². The topological polar surface area (TPSA) is 66.8 Å². The second kappa shape index (κ2) is 5.65. The molecule has 0 atom stereocenters. The van der Waals surface area contributed by atoms with Crippen LogP contribution in [0.4, 0.5) is 0 Å². The van der Waals surface area contributed by atoms with E-state index in [2.05, 4.69) is 0 Å². The fourth-order valence-corrected chi connectivity index (χ4v) is 3.07. The third kappa shape index (κ3) is 4.91. The lowest BCUT2D eigenvalue weighted by Crippen LogP contribution is -2.46. The van der Waals surface area contributed by atoms with Gasteiger partial charge in [0.25, 0.3) is 0 Å². The largest absolute Gasteiger partial charge is 0.390 e. The van der Waals surface area contributed by atoms with Crippen molar-refractivity contribution in [2.45, 2.75) is 45.3 Å². The molecule has 0 radical (unpaired) electrons. The molecule has 102 valence electrons. The Labute approximate surface area is 104 Å². The molecule has 17 heavy (non-hydrogen) atoms. The minimum absolute atomic E-state index is 0.0212. The van der Waals surface area contributed by atoms with Gasteiger partial charge in [0.05, 0.1) is 24.1 Å². The van der Waals surface area contributed by atoms with Gasteiger partial charge in [-0.15, -0.1) is 0 Å². The number of hydrogen-bond donors (Lipinski definition) is 1. The van der Waals surface area contributed by atoms with E-state index in [4.69, 9.17) is 4.74 Å². The average molecular weight is 265 g/mol. The normalized spacial score (nSPS) is 21.9. The minimum Gasteiger partial charge on any atom is -0.390 e. The maximum absolute atomic E-state index is 11.9. The Hall–Kier alpha value is -0.170. The molecule has 0 unspecified atom stereocenters. The third-order valence-electron chi connectivity index (χ3n) is 2.99. The van der Waals surface area contributed by atoms with E-state index in [1.165, 1.54) is 4.31 Å². The number of aliphatic hydroxyl groups is 1. The molecule has 0 aromatic rings. The van der Waals surface area contributed by atoms with Crippen LogP contribution in [-0.2, 0) is 14.8 Å². The molecule has 1 aliphatic rings. The lowest BCUT2D eigenvalue weighted by atomic mass is 9.95. The van der Waals surface area contributed by atoms with Crippen LogP contribution >= 0.6 is 0 Å². The van der Waals surface area contributed by atoms with E-state index in [-0.39, 0.29) is 18.5 Å². The highest BCUT2D eigenvalue weighted by Gasteiger charge is 2.32. The van der Waals surface area contributed by atoms with Gasteiger partial charge >= 0.3 is 0 Å². The van der Waals surface area contributed by atoms with Crippen LogP contribution in [0, 0.1) is 0 Å². The van der Waals surface area contributed by atoms with Crippen LogP contribution in [0.3, 0.4) is 0 Å². The van der Waals surface area contributed by atoms with Crippen molar-refractivity contribution in [1.82, 2.24) is 4.31 Å². The fourth-order valence-electron chi connectivity index (χ4n) is 1.76. The monoisotopic (exact) mass is 265 g/mol. The van der Waals surface area contributed by atoms with Crippen molar-refractivity contribution in [3.05, 3.63) is 0 Å². The molecule has 0 saturated carbocycles. The lowest BCUT2D eigenvalue weighted by molar-refractivity contribution is 0.0124. The van der Waals surface area contributed by atoms with Gasteiger partial charge in [-0.25, -0.2) is 12.7 Å². The predicted octanol–water partition coefficient (Wildman–Crippen LogP) is 0.588. The van der Waals surface area contributed by atoms with Crippen molar-refractivity contribution in [1.29, 1.82) is 0 Å². The van der Waals surface area contributed by atoms with Crippen LogP contribution in [0.5, 0.6) is 0 Å². The summed E-state index contributed by atoms with van der Waals surface area (Å²) in [5.41, 5.74) is -0.722. The van der Waals surface area contributed by atoms with Crippen LogP contribution in [0.1, 0.15) is 33.6 Å². The van der Waals surface area contributed by atoms with E-state index < -0.39 is 15.6 Å². The van der Waals surface area contributed by atoms with Gasteiger partial charge in [0, 0.05) is 13.1 Å². The summed E-state index contributed by atoms with van der Waals surface area (Å²) in [6, 6.07) is 0. The maximum atomic E-state index is 11.9. The molecule has 5 nitrogen and oxygen atoms in total. The molecule has 1 heterocycles. The van der Waals surface area contributed by atoms with Crippen molar-refractivity contribution in [2.75, 3.05) is 25.4 Å². The summed E-state index contributed by atoms with van der Waals surface area (Å²) in [6.45, 7) is 6.54. The number of piperidine rings is 1. The van der Waals surface area contributed by atoms with Crippen LogP contribution in [0.15, 0.2) is 0 Å². The molecule has 0 aliphatic carbocycles. The first-order valence-corrected chi connectivity index (χ1v) is 7.66. The Morgan fingerprint density at radius 1 is 1.35 bits per heavy atom. The highest BCUT2D eigenvalue weighted by molar-refractivity contribution is 7.89.